The van der Waals surface area contributed by atoms with Crippen LogP contribution in [0.25, 0.3) is 0 Å². The van der Waals surface area contributed by atoms with Crippen LogP contribution in [0, 0.1) is 0 Å². The van der Waals surface area contributed by atoms with Gasteiger partial charge in [0.15, 0.2) is 0 Å². The molecule has 1 atom stereocenters. The van der Waals surface area contributed by atoms with E-state index in [0.29, 0.717) is 16.7 Å². The van der Waals surface area contributed by atoms with Crippen molar-refractivity contribution in [3.63, 3.8) is 0 Å². The molecule has 0 saturated heterocycles. The predicted molar refractivity (Wildman–Crippen MR) is 135 cm³/mol. The highest BCUT2D eigenvalue weighted by Gasteiger charge is 2.36. The third-order valence-corrected chi connectivity index (χ3v) is 5.86. The third kappa shape index (κ3) is 6.37. The van der Waals surface area contributed by atoms with Crippen LogP contribution in [0.4, 0.5) is 18.9 Å². The third-order valence-electron chi connectivity index (χ3n) is 5.62. The molecule has 1 amide bonds. The maximum Gasteiger partial charge on any atom is 0.418 e. The first-order chi connectivity index (χ1) is 17.7. The Morgan fingerprint density at radius 2 is 1.22 bits per heavy atom. The molecule has 0 aromatic heterocycles. The monoisotopic (exact) mass is 523 g/mol. The zero-order chi connectivity index (χ0) is 26.4. The molecule has 4 rings (SSSR count). The number of nitrogens with one attached hydrogen (secondary N) is 1. The van der Waals surface area contributed by atoms with Crippen molar-refractivity contribution in [1.82, 2.24) is 0 Å². The van der Waals surface area contributed by atoms with Crippen molar-refractivity contribution < 1.29 is 27.5 Å². The van der Waals surface area contributed by atoms with E-state index in [-0.39, 0.29) is 5.02 Å². The van der Waals surface area contributed by atoms with E-state index in [1.165, 1.54) is 6.07 Å². The number of hydrogen-bond donors (Lipinski definition) is 1. The van der Waals surface area contributed by atoms with Crippen molar-refractivity contribution in [3.8, 4) is 0 Å². The van der Waals surface area contributed by atoms with Crippen molar-refractivity contribution in [2.24, 2.45) is 0 Å². The number of hydrogen-bond acceptors (Lipinski definition) is 3. The summed E-state index contributed by atoms with van der Waals surface area (Å²) in [5, 5.41) is 2.14. The number of anilines is 1. The molecule has 0 aliphatic rings. The summed E-state index contributed by atoms with van der Waals surface area (Å²) in [6, 6.07) is 28.9. The Bertz CT molecular complexity index is 1320. The van der Waals surface area contributed by atoms with Gasteiger partial charge in [0.1, 0.15) is 5.92 Å². The molecule has 37 heavy (non-hydrogen) atoms. The summed E-state index contributed by atoms with van der Waals surface area (Å²) in [6.07, 6.45) is -6.28. The van der Waals surface area contributed by atoms with Crippen molar-refractivity contribution >= 4 is 29.2 Å². The van der Waals surface area contributed by atoms with Gasteiger partial charge >= 0.3 is 12.1 Å². The Kier molecular flexibility index (Phi) is 7.94. The highest BCUT2D eigenvalue weighted by Crippen LogP contribution is 2.37. The van der Waals surface area contributed by atoms with E-state index in [9.17, 15) is 22.8 Å². The van der Waals surface area contributed by atoms with Crippen LogP contribution in [0.15, 0.2) is 109 Å². The van der Waals surface area contributed by atoms with Gasteiger partial charge in [-0.3, -0.25) is 9.59 Å². The van der Waals surface area contributed by atoms with Gasteiger partial charge in [0.25, 0.3) is 5.91 Å². The number of ether oxygens (including phenoxy) is 1. The van der Waals surface area contributed by atoms with E-state index >= 15 is 0 Å². The lowest BCUT2D eigenvalue weighted by Gasteiger charge is -2.23. The lowest BCUT2D eigenvalue weighted by molar-refractivity contribution is -0.155. The SMILES string of the molecule is O=C(O[C@H](C(=O)Nc1ccc(Cl)cc1C(F)(F)F)c1ccccc1)C(c1ccccc1)c1ccccc1. The van der Waals surface area contributed by atoms with Gasteiger partial charge < -0.3 is 10.1 Å². The zero-order valence-corrected chi connectivity index (χ0v) is 20.0. The average Bonchev–Trinajstić information content (AvgIpc) is 2.89. The largest absolute Gasteiger partial charge is 0.447 e. The normalized spacial score (nSPS) is 12.1. The first kappa shape index (κ1) is 26.0. The molecule has 0 aliphatic carbocycles. The summed E-state index contributed by atoms with van der Waals surface area (Å²) in [4.78, 5) is 26.9. The van der Waals surface area contributed by atoms with Crippen LogP contribution in [0.5, 0.6) is 0 Å². The Balaban J connectivity index is 1.69. The fraction of sp³-hybridized carbons (Fsp3) is 0.103. The van der Waals surface area contributed by atoms with Crippen LogP contribution in [-0.2, 0) is 20.5 Å². The number of halogens is 4. The van der Waals surface area contributed by atoms with Crippen molar-refractivity contribution in [1.29, 1.82) is 0 Å². The lowest BCUT2D eigenvalue weighted by atomic mass is 9.91. The minimum Gasteiger partial charge on any atom is -0.447 e. The first-order valence-corrected chi connectivity index (χ1v) is 11.6. The first-order valence-electron chi connectivity index (χ1n) is 11.3. The quantitative estimate of drug-likeness (QED) is 0.256. The number of rotatable bonds is 7. The Hall–Kier alpha value is -4.10. The van der Waals surface area contributed by atoms with Crippen molar-refractivity contribution in [3.05, 3.63) is 136 Å². The molecular formula is C29H21ClF3NO3. The second-order valence-corrected chi connectivity index (χ2v) is 8.60. The number of esters is 1. The van der Waals surface area contributed by atoms with Gasteiger partial charge in [-0.25, -0.2) is 0 Å². The lowest BCUT2D eigenvalue weighted by Crippen LogP contribution is -2.29. The van der Waals surface area contributed by atoms with E-state index in [0.717, 1.165) is 12.1 Å². The molecule has 0 spiro atoms. The summed E-state index contributed by atoms with van der Waals surface area (Å²) < 4.78 is 46.5. The number of carbonyl (C=O) groups is 2. The highest BCUT2D eigenvalue weighted by molar-refractivity contribution is 6.30. The molecule has 0 fully saturated rings. The number of benzene rings is 4. The van der Waals surface area contributed by atoms with E-state index in [4.69, 9.17) is 16.3 Å². The maximum absolute atomic E-state index is 13.6. The summed E-state index contributed by atoms with van der Waals surface area (Å²) >= 11 is 5.76. The maximum atomic E-state index is 13.6. The van der Waals surface area contributed by atoms with Crippen LogP contribution in [0.1, 0.15) is 34.3 Å². The van der Waals surface area contributed by atoms with Gasteiger partial charge in [-0.1, -0.05) is 103 Å². The van der Waals surface area contributed by atoms with Gasteiger partial charge in [0.05, 0.1) is 11.3 Å². The molecule has 1 N–H and O–H groups in total. The molecule has 0 heterocycles. The summed E-state index contributed by atoms with van der Waals surface area (Å²) in [7, 11) is 0. The molecule has 4 aromatic rings. The summed E-state index contributed by atoms with van der Waals surface area (Å²) in [6.45, 7) is 0. The van der Waals surface area contributed by atoms with Crippen LogP contribution in [-0.4, -0.2) is 11.9 Å². The second-order valence-electron chi connectivity index (χ2n) is 8.16. The van der Waals surface area contributed by atoms with Gasteiger partial charge in [0, 0.05) is 10.6 Å². The van der Waals surface area contributed by atoms with E-state index in [1.807, 2.05) is 12.1 Å². The smallest absolute Gasteiger partial charge is 0.418 e. The van der Waals surface area contributed by atoms with E-state index in [1.54, 1.807) is 78.9 Å². The fourth-order valence-electron chi connectivity index (χ4n) is 3.90. The average molecular weight is 524 g/mol. The van der Waals surface area contributed by atoms with Crippen LogP contribution >= 0.6 is 11.6 Å². The van der Waals surface area contributed by atoms with Crippen LogP contribution in [0.3, 0.4) is 0 Å². The van der Waals surface area contributed by atoms with Gasteiger partial charge in [-0.05, 0) is 29.3 Å². The molecule has 0 aliphatic heterocycles. The number of carbonyl (C=O) groups excluding carboxylic acids is 2. The topological polar surface area (TPSA) is 55.4 Å². The van der Waals surface area contributed by atoms with Gasteiger partial charge in [-0.2, -0.15) is 13.2 Å². The number of alkyl halides is 3. The fourth-order valence-corrected chi connectivity index (χ4v) is 4.07. The summed E-state index contributed by atoms with van der Waals surface area (Å²) in [5.41, 5.74) is -0.0267. The molecule has 188 valence electrons. The number of amides is 1. The summed E-state index contributed by atoms with van der Waals surface area (Å²) in [5.74, 6) is -2.52. The Morgan fingerprint density at radius 1 is 0.730 bits per heavy atom. The molecule has 0 bridgehead atoms. The Morgan fingerprint density at radius 3 is 1.70 bits per heavy atom. The molecule has 0 saturated carbocycles. The van der Waals surface area contributed by atoms with Crippen molar-refractivity contribution in [2.75, 3.05) is 5.32 Å². The molecular weight excluding hydrogens is 503 g/mol. The Labute approximate surface area is 216 Å². The second kappa shape index (κ2) is 11.3. The zero-order valence-electron chi connectivity index (χ0n) is 19.3. The minimum atomic E-state index is -4.77. The molecule has 4 nitrogen and oxygen atoms in total. The molecule has 8 heteroatoms. The van der Waals surface area contributed by atoms with Crippen LogP contribution in [0.2, 0.25) is 5.02 Å². The predicted octanol–water partition coefficient (Wildman–Crippen LogP) is 7.41. The van der Waals surface area contributed by atoms with Crippen molar-refractivity contribution in [2.45, 2.75) is 18.2 Å². The molecule has 0 unspecified atom stereocenters. The molecule has 0 radical (unpaired) electrons. The van der Waals surface area contributed by atoms with Gasteiger partial charge in [-0.15, -0.1) is 0 Å². The highest BCUT2D eigenvalue weighted by atomic mass is 35.5. The van der Waals surface area contributed by atoms with Gasteiger partial charge in [0.2, 0.25) is 6.10 Å². The standard InChI is InChI=1S/C29H21ClF3NO3/c30-22-16-17-24(23(18-22)29(31,32)33)34-27(35)26(21-14-8-3-9-15-21)37-28(36)25(19-10-4-1-5-11-19)20-12-6-2-7-13-20/h1-18,25-26H,(H,34,35)/t26-/m0/s1. The van der Waals surface area contributed by atoms with Crippen LogP contribution < -0.4 is 5.32 Å². The minimum absolute atomic E-state index is 0.134. The van der Waals surface area contributed by atoms with E-state index in [2.05, 4.69) is 5.32 Å². The van der Waals surface area contributed by atoms with E-state index < -0.39 is 41.3 Å². The molecule has 4 aromatic carbocycles.